The molecule has 2 aromatic heterocycles. The average Bonchev–Trinajstić information content (AvgIpc) is 2.82. The molecule has 1 N–H and O–H groups in total. The van der Waals surface area contributed by atoms with Crippen LogP contribution in [0.3, 0.4) is 0 Å². The van der Waals surface area contributed by atoms with Crippen molar-refractivity contribution in [3.05, 3.63) is 34.7 Å². The Hall–Kier alpha value is -1.62. The molecular formula is C13H17N3OS. The van der Waals surface area contributed by atoms with E-state index in [0.29, 0.717) is 11.8 Å². The van der Waals surface area contributed by atoms with Crippen LogP contribution >= 0.6 is 11.3 Å². The second kappa shape index (κ2) is 6.35. The van der Waals surface area contributed by atoms with Crippen LogP contribution < -0.4 is 10.1 Å². The summed E-state index contributed by atoms with van der Waals surface area (Å²) in [6.45, 7) is 4.78. The number of nitrogens with zero attached hydrogens (tertiary/aromatic N) is 2. The molecule has 0 radical (unpaired) electrons. The lowest BCUT2D eigenvalue weighted by molar-refractivity contribution is 0.232. The van der Waals surface area contributed by atoms with Gasteiger partial charge in [-0.3, -0.25) is 0 Å². The Labute approximate surface area is 111 Å². The van der Waals surface area contributed by atoms with Gasteiger partial charge in [-0.15, -0.1) is 0 Å². The maximum absolute atomic E-state index is 5.52. The molecule has 0 aliphatic rings. The maximum atomic E-state index is 5.52. The Balaban J connectivity index is 1.85. The van der Waals surface area contributed by atoms with Crippen LogP contribution in [0.15, 0.2) is 29.1 Å². The van der Waals surface area contributed by atoms with Gasteiger partial charge in [-0.1, -0.05) is 0 Å². The standard InChI is InChI=1S/C13H17N3OS/c1-10(2)17-12-4-7-15-13(16-12)14-6-3-11-5-8-18-9-11/h4-5,7-10H,3,6H2,1-2H3,(H,14,15,16). The minimum absolute atomic E-state index is 0.124. The number of anilines is 1. The van der Waals surface area contributed by atoms with E-state index in [1.165, 1.54) is 5.56 Å². The molecule has 0 aliphatic heterocycles. The quantitative estimate of drug-likeness (QED) is 0.870. The van der Waals surface area contributed by atoms with Gasteiger partial charge >= 0.3 is 0 Å². The molecule has 96 valence electrons. The van der Waals surface area contributed by atoms with E-state index in [9.17, 15) is 0 Å². The highest BCUT2D eigenvalue weighted by Gasteiger charge is 2.02. The third-order valence-electron chi connectivity index (χ3n) is 2.26. The summed E-state index contributed by atoms with van der Waals surface area (Å²) in [6, 6.07) is 3.90. The molecule has 0 saturated heterocycles. The van der Waals surface area contributed by atoms with Crippen molar-refractivity contribution in [3.8, 4) is 5.88 Å². The second-order valence-electron chi connectivity index (χ2n) is 4.19. The molecule has 0 aliphatic carbocycles. The molecule has 0 aromatic carbocycles. The molecule has 0 fully saturated rings. The Morgan fingerprint density at radius 1 is 1.39 bits per heavy atom. The van der Waals surface area contributed by atoms with Crippen LogP contribution in [0.5, 0.6) is 5.88 Å². The van der Waals surface area contributed by atoms with Gasteiger partial charge in [-0.2, -0.15) is 16.3 Å². The van der Waals surface area contributed by atoms with Gasteiger partial charge in [0.15, 0.2) is 0 Å². The first-order valence-corrected chi connectivity index (χ1v) is 6.93. The highest BCUT2D eigenvalue weighted by Crippen LogP contribution is 2.11. The summed E-state index contributed by atoms with van der Waals surface area (Å²) < 4.78 is 5.52. The molecule has 0 atom stereocenters. The van der Waals surface area contributed by atoms with E-state index >= 15 is 0 Å². The number of rotatable bonds is 6. The van der Waals surface area contributed by atoms with Crippen molar-refractivity contribution in [1.29, 1.82) is 0 Å². The molecule has 0 spiro atoms. The third-order valence-corrected chi connectivity index (χ3v) is 3.00. The zero-order valence-electron chi connectivity index (χ0n) is 10.6. The zero-order chi connectivity index (χ0) is 12.8. The van der Waals surface area contributed by atoms with Crippen molar-refractivity contribution >= 4 is 17.3 Å². The van der Waals surface area contributed by atoms with Crippen molar-refractivity contribution in [3.63, 3.8) is 0 Å². The third kappa shape index (κ3) is 4.00. The SMILES string of the molecule is CC(C)Oc1ccnc(NCCc2ccsc2)n1. The summed E-state index contributed by atoms with van der Waals surface area (Å²) in [7, 11) is 0. The van der Waals surface area contributed by atoms with Crippen LogP contribution in [0.25, 0.3) is 0 Å². The van der Waals surface area contributed by atoms with Crippen LogP contribution in [0, 0.1) is 0 Å². The zero-order valence-corrected chi connectivity index (χ0v) is 11.4. The van der Waals surface area contributed by atoms with Crippen LogP contribution in [-0.2, 0) is 6.42 Å². The Kier molecular flexibility index (Phi) is 4.52. The van der Waals surface area contributed by atoms with Crippen LogP contribution in [0.1, 0.15) is 19.4 Å². The van der Waals surface area contributed by atoms with E-state index < -0.39 is 0 Å². The minimum Gasteiger partial charge on any atom is -0.475 e. The van der Waals surface area contributed by atoms with Crippen molar-refractivity contribution in [2.24, 2.45) is 0 Å². The summed E-state index contributed by atoms with van der Waals surface area (Å²) in [5.74, 6) is 1.22. The van der Waals surface area contributed by atoms with E-state index in [4.69, 9.17) is 4.74 Å². The normalized spacial score (nSPS) is 10.6. The predicted molar refractivity (Wildman–Crippen MR) is 74.3 cm³/mol. The summed E-state index contributed by atoms with van der Waals surface area (Å²) in [5.41, 5.74) is 1.34. The lowest BCUT2D eigenvalue weighted by Gasteiger charge is -2.09. The van der Waals surface area contributed by atoms with E-state index in [2.05, 4.69) is 32.1 Å². The molecule has 0 amide bonds. The number of hydrogen-bond donors (Lipinski definition) is 1. The number of aromatic nitrogens is 2. The molecule has 5 heteroatoms. The number of ether oxygens (including phenoxy) is 1. The summed E-state index contributed by atoms with van der Waals surface area (Å²) in [4.78, 5) is 8.46. The molecule has 2 rings (SSSR count). The Morgan fingerprint density at radius 3 is 3.00 bits per heavy atom. The van der Waals surface area contributed by atoms with Crippen LogP contribution in [-0.4, -0.2) is 22.6 Å². The largest absolute Gasteiger partial charge is 0.475 e. The fourth-order valence-electron chi connectivity index (χ4n) is 1.49. The molecular weight excluding hydrogens is 246 g/mol. The monoisotopic (exact) mass is 263 g/mol. The van der Waals surface area contributed by atoms with E-state index in [1.54, 1.807) is 23.6 Å². The maximum Gasteiger partial charge on any atom is 0.225 e. The molecule has 4 nitrogen and oxygen atoms in total. The van der Waals surface area contributed by atoms with Gasteiger partial charge in [0, 0.05) is 18.8 Å². The topological polar surface area (TPSA) is 47.0 Å². The fourth-order valence-corrected chi connectivity index (χ4v) is 2.19. The summed E-state index contributed by atoms with van der Waals surface area (Å²) >= 11 is 1.72. The first-order chi connectivity index (χ1) is 8.74. The molecule has 18 heavy (non-hydrogen) atoms. The van der Waals surface area contributed by atoms with Crippen molar-refractivity contribution < 1.29 is 4.74 Å². The van der Waals surface area contributed by atoms with E-state index in [1.807, 2.05) is 13.8 Å². The first kappa shape index (κ1) is 12.8. The van der Waals surface area contributed by atoms with Crippen LogP contribution in [0.4, 0.5) is 5.95 Å². The van der Waals surface area contributed by atoms with Gasteiger partial charge in [-0.25, -0.2) is 4.98 Å². The summed E-state index contributed by atoms with van der Waals surface area (Å²) in [5, 5.41) is 7.44. The number of thiophene rings is 1. The van der Waals surface area contributed by atoms with E-state index in [-0.39, 0.29) is 6.10 Å². The highest BCUT2D eigenvalue weighted by atomic mass is 32.1. The molecule has 2 heterocycles. The van der Waals surface area contributed by atoms with Gasteiger partial charge in [0.1, 0.15) is 0 Å². The molecule has 0 unspecified atom stereocenters. The predicted octanol–water partition coefficient (Wildman–Crippen LogP) is 2.98. The Bertz CT molecular complexity index is 471. The van der Waals surface area contributed by atoms with Gasteiger partial charge < -0.3 is 10.1 Å². The number of hydrogen-bond acceptors (Lipinski definition) is 5. The summed E-state index contributed by atoms with van der Waals surface area (Å²) in [6.07, 6.45) is 2.80. The molecule has 2 aromatic rings. The van der Waals surface area contributed by atoms with E-state index in [0.717, 1.165) is 13.0 Å². The molecule has 0 saturated carbocycles. The van der Waals surface area contributed by atoms with Gasteiger partial charge in [0.05, 0.1) is 6.10 Å². The van der Waals surface area contributed by atoms with Crippen molar-refractivity contribution in [2.75, 3.05) is 11.9 Å². The van der Waals surface area contributed by atoms with Crippen LogP contribution in [0.2, 0.25) is 0 Å². The fraction of sp³-hybridized carbons (Fsp3) is 0.385. The average molecular weight is 263 g/mol. The Morgan fingerprint density at radius 2 is 2.28 bits per heavy atom. The smallest absolute Gasteiger partial charge is 0.225 e. The van der Waals surface area contributed by atoms with Gasteiger partial charge in [-0.05, 0) is 42.7 Å². The van der Waals surface area contributed by atoms with Gasteiger partial charge in [0.2, 0.25) is 11.8 Å². The second-order valence-corrected chi connectivity index (χ2v) is 4.97. The molecule has 0 bridgehead atoms. The lowest BCUT2D eigenvalue weighted by atomic mass is 10.2. The number of nitrogens with one attached hydrogen (secondary N) is 1. The minimum atomic E-state index is 0.124. The highest BCUT2D eigenvalue weighted by molar-refractivity contribution is 7.07. The van der Waals surface area contributed by atoms with Crippen molar-refractivity contribution in [1.82, 2.24) is 9.97 Å². The first-order valence-electron chi connectivity index (χ1n) is 5.98. The lowest BCUT2D eigenvalue weighted by Crippen LogP contribution is -2.10. The van der Waals surface area contributed by atoms with Gasteiger partial charge in [0.25, 0.3) is 0 Å². The van der Waals surface area contributed by atoms with Crippen molar-refractivity contribution in [2.45, 2.75) is 26.4 Å².